The van der Waals surface area contributed by atoms with E-state index in [4.69, 9.17) is 20.9 Å². The standard InChI is InChI=1S/C25H34N6O6.C12H18N6O3/c1-6-13-29(18-11-14-28(15-12-18)24(33)37-25(2,3)4)23-21(31(34)35)20(22(26)32)30(27-23)16-17-7-9-19(36-5)10-8-17;1-2-7-17(8-3-5-14-6-4-8)12-10(18(20)21)9(11(13)19)15-16-12/h6-10,18H,1,11-16H2,2-5H3,(H2,26,32);2,8,14H,1,3-7H2,(H2,13,19)(H,15,16). The number of nitrogens with two attached hydrogens (primary N) is 2. The average Bonchev–Trinajstić information content (AvgIpc) is 3.79. The molecular formula is C37H52N12O9. The minimum Gasteiger partial charge on any atom is -0.497 e. The van der Waals surface area contributed by atoms with Crippen molar-refractivity contribution in [1.29, 1.82) is 0 Å². The summed E-state index contributed by atoms with van der Waals surface area (Å²) < 4.78 is 11.9. The Hall–Kier alpha value is -6.51. The number of amides is 3. The van der Waals surface area contributed by atoms with Crippen molar-refractivity contribution in [3.05, 3.63) is 86.8 Å². The van der Waals surface area contributed by atoms with E-state index in [2.05, 4.69) is 33.8 Å². The molecule has 21 heteroatoms. The number of likely N-dealkylation sites (tertiary alicyclic amines) is 1. The van der Waals surface area contributed by atoms with Gasteiger partial charge in [0.25, 0.3) is 11.8 Å². The summed E-state index contributed by atoms with van der Waals surface area (Å²) in [5.41, 5.74) is 9.53. The quantitative estimate of drug-likeness (QED) is 0.0972. The van der Waals surface area contributed by atoms with E-state index in [1.54, 1.807) is 79.0 Å². The van der Waals surface area contributed by atoms with Gasteiger partial charge >= 0.3 is 17.5 Å². The Balaban J connectivity index is 0.000000299. The smallest absolute Gasteiger partial charge is 0.410 e. The van der Waals surface area contributed by atoms with Crippen LogP contribution in [0.3, 0.4) is 0 Å². The summed E-state index contributed by atoms with van der Waals surface area (Å²) in [6.07, 6.45) is 5.61. The Morgan fingerprint density at radius 3 is 1.95 bits per heavy atom. The van der Waals surface area contributed by atoms with Crippen LogP contribution >= 0.6 is 0 Å². The number of methoxy groups -OCH3 is 1. The van der Waals surface area contributed by atoms with Crippen LogP contribution in [0.5, 0.6) is 5.75 Å². The summed E-state index contributed by atoms with van der Waals surface area (Å²) in [5.74, 6) is -1.01. The van der Waals surface area contributed by atoms with E-state index in [9.17, 15) is 34.6 Å². The third-order valence-corrected chi connectivity index (χ3v) is 9.47. The maximum absolute atomic E-state index is 12.5. The lowest BCUT2D eigenvalue weighted by atomic mass is 10.0. The minimum absolute atomic E-state index is 0.0444. The van der Waals surface area contributed by atoms with Gasteiger partial charge in [0, 0.05) is 38.3 Å². The van der Waals surface area contributed by atoms with Crippen molar-refractivity contribution >= 4 is 40.9 Å². The summed E-state index contributed by atoms with van der Waals surface area (Å²) in [6, 6.07) is 6.99. The molecule has 0 spiro atoms. The number of piperidine rings is 2. The number of nitrogens with one attached hydrogen (secondary N) is 2. The third kappa shape index (κ3) is 10.9. The molecule has 2 fully saturated rings. The second-order valence-corrected chi connectivity index (χ2v) is 14.6. The molecule has 3 amide bonds. The fraction of sp³-hybridized carbons (Fsp3) is 0.486. The van der Waals surface area contributed by atoms with Crippen LogP contribution in [-0.2, 0) is 11.3 Å². The lowest BCUT2D eigenvalue weighted by Gasteiger charge is -2.38. The molecule has 0 unspecified atom stereocenters. The highest BCUT2D eigenvalue weighted by Gasteiger charge is 2.38. The van der Waals surface area contributed by atoms with Crippen LogP contribution in [0.25, 0.3) is 0 Å². The molecular weight excluding hydrogens is 756 g/mol. The fourth-order valence-corrected chi connectivity index (χ4v) is 6.84. The number of nitrogens with zero attached hydrogens (tertiary/aromatic N) is 8. The molecule has 2 aliphatic heterocycles. The molecule has 3 aromatic rings. The van der Waals surface area contributed by atoms with E-state index in [0.29, 0.717) is 38.2 Å². The molecule has 5 rings (SSSR count). The van der Waals surface area contributed by atoms with Gasteiger partial charge in [0.2, 0.25) is 23.0 Å². The van der Waals surface area contributed by atoms with Crippen LogP contribution in [-0.4, -0.2) is 117 Å². The van der Waals surface area contributed by atoms with Crippen LogP contribution in [0, 0.1) is 20.2 Å². The van der Waals surface area contributed by atoms with Gasteiger partial charge in [-0.15, -0.1) is 23.4 Å². The van der Waals surface area contributed by atoms with Crippen molar-refractivity contribution in [1.82, 2.24) is 30.2 Å². The maximum Gasteiger partial charge on any atom is 0.410 e. The number of primary amides is 2. The van der Waals surface area contributed by atoms with Crippen LogP contribution in [0.1, 0.15) is 73.0 Å². The first-order valence-corrected chi connectivity index (χ1v) is 18.6. The van der Waals surface area contributed by atoms with Gasteiger partial charge < -0.3 is 41.0 Å². The molecule has 6 N–H and O–H groups in total. The van der Waals surface area contributed by atoms with Crippen molar-refractivity contribution in [3.8, 4) is 5.75 Å². The van der Waals surface area contributed by atoms with Crippen molar-refractivity contribution in [2.24, 2.45) is 11.5 Å². The number of rotatable bonds is 15. The molecule has 58 heavy (non-hydrogen) atoms. The Kier molecular flexibility index (Phi) is 14.9. The van der Waals surface area contributed by atoms with Crippen molar-refractivity contribution in [3.63, 3.8) is 0 Å². The topological polar surface area (TPSA) is 276 Å². The largest absolute Gasteiger partial charge is 0.497 e. The number of carbonyl (C=O) groups excluding carboxylic acids is 3. The van der Waals surface area contributed by atoms with E-state index >= 15 is 0 Å². The van der Waals surface area contributed by atoms with Crippen LogP contribution in [0.2, 0.25) is 0 Å². The fourth-order valence-electron chi connectivity index (χ4n) is 6.84. The van der Waals surface area contributed by atoms with Gasteiger partial charge in [0.1, 0.15) is 11.4 Å². The van der Waals surface area contributed by atoms with E-state index in [-0.39, 0.29) is 53.9 Å². The van der Waals surface area contributed by atoms with Gasteiger partial charge in [-0.25, -0.2) is 9.48 Å². The predicted octanol–water partition coefficient (Wildman–Crippen LogP) is 3.50. The first-order chi connectivity index (χ1) is 27.5. The highest BCUT2D eigenvalue weighted by molar-refractivity contribution is 5.98. The number of hydrogen-bond acceptors (Lipinski definition) is 14. The Morgan fingerprint density at radius 2 is 1.47 bits per heavy atom. The highest BCUT2D eigenvalue weighted by Crippen LogP contribution is 2.35. The summed E-state index contributed by atoms with van der Waals surface area (Å²) in [7, 11) is 1.55. The number of aromatic amines is 1. The first-order valence-electron chi connectivity index (χ1n) is 18.6. The summed E-state index contributed by atoms with van der Waals surface area (Å²) in [6.45, 7) is 16.2. The van der Waals surface area contributed by atoms with Crippen molar-refractivity contribution in [2.45, 2.75) is 70.7 Å². The van der Waals surface area contributed by atoms with Gasteiger partial charge in [-0.05, 0) is 77.2 Å². The first kappa shape index (κ1) is 44.2. The molecule has 0 saturated carbocycles. The average molecular weight is 809 g/mol. The normalized spacial score (nSPS) is 14.7. The van der Waals surface area contributed by atoms with Crippen LogP contribution in [0.15, 0.2) is 49.6 Å². The monoisotopic (exact) mass is 808 g/mol. The van der Waals surface area contributed by atoms with Crippen molar-refractivity contribution < 1.29 is 33.7 Å². The van der Waals surface area contributed by atoms with Crippen LogP contribution in [0.4, 0.5) is 27.8 Å². The Bertz CT molecular complexity index is 1960. The number of ether oxygens (including phenoxy) is 2. The molecule has 0 aliphatic carbocycles. The number of hydrogen-bond donors (Lipinski definition) is 4. The van der Waals surface area contributed by atoms with E-state index in [1.807, 2.05) is 0 Å². The zero-order chi connectivity index (χ0) is 42.7. The third-order valence-electron chi connectivity index (χ3n) is 9.47. The summed E-state index contributed by atoms with van der Waals surface area (Å²) >= 11 is 0. The molecule has 2 aliphatic rings. The Morgan fingerprint density at radius 1 is 0.914 bits per heavy atom. The predicted molar refractivity (Wildman–Crippen MR) is 215 cm³/mol. The van der Waals surface area contributed by atoms with Gasteiger partial charge in [0.15, 0.2) is 0 Å². The van der Waals surface area contributed by atoms with Crippen molar-refractivity contribution in [2.75, 3.05) is 56.2 Å². The molecule has 0 atom stereocenters. The molecule has 0 radical (unpaired) electrons. The van der Waals surface area contributed by atoms with Gasteiger partial charge in [0.05, 0.1) is 23.5 Å². The SMILES string of the molecule is C=CCN(c1n[nH]c(C(N)=O)c1[N+](=O)[O-])C1CCNCC1.C=CCN(c1nn(Cc2ccc(OC)cc2)c(C(N)=O)c1[N+](=O)[O-])C1CCN(C(=O)OC(C)(C)C)CC1. The number of nitro groups is 2. The minimum atomic E-state index is -0.947. The van der Waals surface area contributed by atoms with Gasteiger partial charge in [-0.2, -0.15) is 0 Å². The Labute approximate surface area is 335 Å². The van der Waals surface area contributed by atoms with E-state index in [0.717, 1.165) is 31.5 Å². The lowest BCUT2D eigenvalue weighted by molar-refractivity contribution is -0.384. The molecule has 0 bridgehead atoms. The van der Waals surface area contributed by atoms with E-state index < -0.39 is 39.0 Å². The van der Waals surface area contributed by atoms with Gasteiger partial charge in [-0.3, -0.25) is 34.9 Å². The molecule has 2 aromatic heterocycles. The lowest BCUT2D eigenvalue weighted by Crippen LogP contribution is -2.48. The molecule has 314 valence electrons. The number of carbonyl (C=O) groups is 3. The molecule has 4 heterocycles. The van der Waals surface area contributed by atoms with Gasteiger partial charge in [-0.1, -0.05) is 24.3 Å². The number of H-pyrrole nitrogens is 1. The zero-order valence-corrected chi connectivity index (χ0v) is 33.2. The second-order valence-electron chi connectivity index (χ2n) is 14.6. The zero-order valence-electron chi connectivity index (χ0n) is 33.2. The second kappa shape index (κ2) is 19.6. The molecule has 21 nitrogen and oxygen atoms in total. The molecule has 1 aromatic carbocycles. The van der Waals surface area contributed by atoms with Crippen LogP contribution < -0.4 is 31.3 Å². The van der Waals surface area contributed by atoms with E-state index in [1.165, 1.54) is 4.68 Å². The summed E-state index contributed by atoms with van der Waals surface area (Å²) in [5, 5.41) is 37.5. The molecule has 2 saturated heterocycles. The number of anilines is 2. The number of benzene rings is 1. The highest BCUT2D eigenvalue weighted by atomic mass is 16.6. The number of aromatic nitrogens is 4. The maximum atomic E-state index is 12.5. The summed E-state index contributed by atoms with van der Waals surface area (Å²) in [4.78, 5) is 63.5.